The number of amides is 2. The summed E-state index contributed by atoms with van der Waals surface area (Å²) in [6.45, 7) is 1.96. The normalized spacial score (nSPS) is 10.1. The van der Waals surface area contributed by atoms with E-state index in [4.69, 9.17) is 15.9 Å². The number of nitrogens with two attached hydrogens (primary N) is 1. The number of carboxylic acids is 2. The van der Waals surface area contributed by atoms with Gasteiger partial charge in [0.25, 0.3) is 11.8 Å². The lowest BCUT2D eigenvalue weighted by Crippen LogP contribution is -2.30. The number of hydrogen-bond acceptors (Lipinski definition) is 7. The molecule has 0 aliphatic rings. The molecule has 0 spiro atoms. The highest BCUT2D eigenvalue weighted by molar-refractivity contribution is 6.07. The summed E-state index contributed by atoms with van der Waals surface area (Å²) in [6.07, 6.45) is 14.5. The van der Waals surface area contributed by atoms with E-state index in [1.165, 1.54) is 35.5 Å². The van der Waals surface area contributed by atoms with E-state index in [-0.39, 0.29) is 22.9 Å². The number of benzene rings is 3. The van der Waals surface area contributed by atoms with Crippen LogP contribution in [-0.4, -0.2) is 63.6 Å². The van der Waals surface area contributed by atoms with Crippen molar-refractivity contribution in [2.45, 2.75) is 57.8 Å². The van der Waals surface area contributed by atoms with Gasteiger partial charge in [0.05, 0.1) is 22.3 Å². The highest BCUT2D eigenvalue weighted by Crippen LogP contribution is 2.10. The van der Waals surface area contributed by atoms with Crippen LogP contribution in [0.25, 0.3) is 0 Å². The predicted molar refractivity (Wildman–Crippen MR) is 214 cm³/mol. The van der Waals surface area contributed by atoms with Crippen LogP contribution in [0.4, 0.5) is 0 Å². The van der Waals surface area contributed by atoms with E-state index in [9.17, 15) is 19.2 Å². The molecule has 0 bridgehead atoms. The zero-order valence-electron chi connectivity index (χ0n) is 31.1. The Hall–Kier alpha value is -6.20. The average Bonchev–Trinajstić information content (AvgIpc) is 3.22. The summed E-state index contributed by atoms with van der Waals surface area (Å²) in [5, 5.41) is 22.9. The van der Waals surface area contributed by atoms with E-state index in [2.05, 4.69) is 69.1 Å². The van der Waals surface area contributed by atoms with Gasteiger partial charge in [-0.3, -0.25) is 19.6 Å². The third-order valence-corrected chi connectivity index (χ3v) is 8.40. The van der Waals surface area contributed by atoms with Crippen LogP contribution in [0.1, 0.15) is 96.6 Å². The van der Waals surface area contributed by atoms with Crippen molar-refractivity contribution >= 4 is 23.8 Å². The molecule has 0 aliphatic heterocycles. The molecule has 0 saturated heterocycles. The molecule has 11 nitrogen and oxygen atoms in total. The van der Waals surface area contributed by atoms with Gasteiger partial charge in [-0.05, 0) is 93.2 Å². The Kier molecular flexibility index (Phi) is 20.2. The Morgan fingerprint density at radius 2 is 0.855 bits per heavy atom. The fourth-order valence-electron chi connectivity index (χ4n) is 5.43. The molecular weight excluding hydrogens is 695 g/mol. The smallest absolute Gasteiger partial charge is 0.338 e. The molecule has 0 atom stereocenters. The van der Waals surface area contributed by atoms with Crippen LogP contribution in [0.3, 0.4) is 0 Å². The number of pyridine rings is 2. The van der Waals surface area contributed by atoms with Crippen molar-refractivity contribution in [1.29, 1.82) is 0 Å². The number of carboxylic acid groups (broad SMARTS) is 2. The number of aromatic carboxylic acids is 2. The number of unbranched alkanes of at least 4 members (excludes halogenated alkanes) is 3. The van der Waals surface area contributed by atoms with Crippen molar-refractivity contribution in [1.82, 2.24) is 20.6 Å². The Bertz CT molecular complexity index is 1760. The summed E-state index contributed by atoms with van der Waals surface area (Å²) in [5.41, 5.74) is 9.54. The first kappa shape index (κ1) is 43.2. The van der Waals surface area contributed by atoms with E-state index in [1.54, 1.807) is 12.3 Å². The number of carbonyl (C=O) groups excluding carboxylic acids is 2. The molecule has 3 aromatic carbocycles. The third-order valence-electron chi connectivity index (χ3n) is 8.40. The van der Waals surface area contributed by atoms with Crippen molar-refractivity contribution < 1.29 is 29.4 Å². The molecule has 288 valence electrons. The molecule has 2 heterocycles. The summed E-state index contributed by atoms with van der Waals surface area (Å²) in [4.78, 5) is 53.6. The van der Waals surface area contributed by atoms with Gasteiger partial charge >= 0.3 is 11.9 Å². The summed E-state index contributed by atoms with van der Waals surface area (Å²) in [7, 11) is 0. The maximum absolute atomic E-state index is 12.6. The van der Waals surface area contributed by atoms with Gasteiger partial charge in [0, 0.05) is 37.9 Å². The number of aromatic nitrogens is 2. The monoisotopic (exact) mass is 745 g/mol. The number of hydrogen-bond donors (Lipinski definition) is 5. The minimum absolute atomic E-state index is 0.235. The fourth-order valence-corrected chi connectivity index (χ4v) is 5.43. The molecule has 0 saturated carbocycles. The standard InChI is InChI=1S/C27H31N3O2.C10H15N.C7H5NO4/c31-26(29-18-9-7-15-22-11-3-1-4-12-22)24-17-20-28-21-25(24)27(32)30-19-10-8-16-23-13-5-2-6-14-23;11-9-5-4-8-10-6-2-1-3-7-10;9-6(10)4-1-2-8-3-5(4)7(11)12/h1-6,11-14,17,20-21H,7-10,15-16,18-19H2,(H,29,31)(H,30,32);1-3,6-7H,4-5,8-9,11H2;1-3H,(H,9,10)(H,11,12). The van der Waals surface area contributed by atoms with Gasteiger partial charge < -0.3 is 26.6 Å². The van der Waals surface area contributed by atoms with Gasteiger partial charge in [0.15, 0.2) is 0 Å². The first-order valence-corrected chi connectivity index (χ1v) is 18.5. The van der Waals surface area contributed by atoms with Crippen LogP contribution in [-0.2, 0) is 19.3 Å². The number of nitrogens with one attached hydrogen (secondary N) is 2. The molecule has 0 unspecified atom stereocenters. The summed E-state index contributed by atoms with van der Waals surface area (Å²) in [5.74, 6) is -3.05. The van der Waals surface area contributed by atoms with Crippen molar-refractivity contribution in [2.24, 2.45) is 5.73 Å². The fraction of sp³-hybridized carbons (Fsp3) is 0.273. The maximum Gasteiger partial charge on any atom is 0.338 e. The lowest BCUT2D eigenvalue weighted by Gasteiger charge is -2.10. The summed E-state index contributed by atoms with van der Waals surface area (Å²) in [6, 6.07) is 33.9. The Balaban J connectivity index is 0.000000286. The summed E-state index contributed by atoms with van der Waals surface area (Å²) >= 11 is 0. The van der Waals surface area contributed by atoms with Gasteiger partial charge in [0.1, 0.15) is 0 Å². The predicted octanol–water partition coefficient (Wildman–Crippen LogP) is 7.03. The van der Waals surface area contributed by atoms with Gasteiger partial charge in [-0.25, -0.2) is 9.59 Å². The van der Waals surface area contributed by atoms with Gasteiger partial charge in [-0.15, -0.1) is 0 Å². The molecule has 5 rings (SSSR count). The van der Waals surface area contributed by atoms with Crippen LogP contribution in [0, 0.1) is 0 Å². The first-order chi connectivity index (χ1) is 26.8. The molecule has 5 aromatic rings. The number of rotatable bonds is 18. The molecular formula is C44H51N5O6. The second-order valence-corrected chi connectivity index (χ2v) is 12.6. The second-order valence-electron chi connectivity index (χ2n) is 12.6. The van der Waals surface area contributed by atoms with Gasteiger partial charge in [-0.1, -0.05) is 91.0 Å². The molecule has 0 aliphatic carbocycles. The Morgan fingerprint density at radius 1 is 0.473 bits per heavy atom. The minimum Gasteiger partial charge on any atom is -0.478 e. The van der Waals surface area contributed by atoms with Gasteiger partial charge in [-0.2, -0.15) is 0 Å². The molecule has 55 heavy (non-hydrogen) atoms. The van der Waals surface area contributed by atoms with Crippen LogP contribution in [0.5, 0.6) is 0 Å². The van der Waals surface area contributed by atoms with Crippen LogP contribution in [0.15, 0.2) is 128 Å². The Morgan fingerprint density at radius 3 is 1.25 bits per heavy atom. The second kappa shape index (κ2) is 25.7. The minimum atomic E-state index is -1.29. The van der Waals surface area contributed by atoms with E-state index in [0.29, 0.717) is 24.2 Å². The topological polar surface area (TPSA) is 185 Å². The van der Waals surface area contributed by atoms with Crippen LogP contribution < -0.4 is 16.4 Å². The quantitative estimate of drug-likeness (QED) is 0.0588. The van der Waals surface area contributed by atoms with E-state index >= 15 is 0 Å². The molecule has 11 heteroatoms. The van der Waals surface area contributed by atoms with Crippen molar-refractivity contribution in [3.63, 3.8) is 0 Å². The first-order valence-electron chi connectivity index (χ1n) is 18.5. The maximum atomic E-state index is 12.6. The van der Waals surface area contributed by atoms with E-state index < -0.39 is 11.9 Å². The SMILES string of the molecule is NCCCCc1ccccc1.O=C(NCCCCc1ccccc1)c1ccncc1C(=O)NCCCCc1ccccc1.O=C(O)c1ccncc1C(=O)O. The van der Waals surface area contributed by atoms with Crippen LogP contribution >= 0.6 is 0 Å². The van der Waals surface area contributed by atoms with E-state index in [1.807, 2.05) is 42.5 Å². The van der Waals surface area contributed by atoms with Gasteiger partial charge in [0.2, 0.25) is 0 Å². The number of aryl methyl sites for hydroxylation is 3. The number of carbonyl (C=O) groups is 4. The molecule has 2 aromatic heterocycles. The lowest BCUT2D eigenvalue weighted by molar-refractivity contribution is 0.0651. The number of nitrogens with zero attached hydrogens (tertiary/aromatic N) is 2. The molecule has 0 fully saturated rings. The largest absolute Gasteiger partial charge is 0.478 e. The zero-order valence-corrected chi connectivity index (χ0v) is 31.1. The van der Waals surface area contributed by atoms with Crippen molar-refractivity contribution in [3.05, 3.63) is 167 Å². The van der Waals surface area contributed by atoms with Crippen molar-refractivity contribution in [3.8, 4) is 0 Å². The molecule has 6 N–H and O–H groups in total. The highest BCUT2D eigenvalue weighted by atomic mass is 16.4. The molecule has 0 radical (unpaired) electrons. The third kappa shape index (κ3) is 17.0. The zero-order chi connectivity index (χ0) is 39.5. The van der Waals surface area contributed by atoms with Crippen LogP contribution in [0.2, 0.25) is 0 Å². The average molecular weight is 746 g/mol. The Labute approximate surface area is 323 Å². The summed E-state index contributed by atoms with van der Waals surface area (Å²) < 4.78 is 0. The van der Waals surface area contributed by atoms with E-state index in [0.717, 1.165) is 70.2 Å². The highest BCUT2D eigenvalue weighted by Gasteiger charge is 2.17. The molecule has 2 amide bonds. The van der Waals surface area contributed by atoms with Crippen molar-refractivity contribution in [2.75, 3.05) is 19.6 Å². The lowest BCUT2D eigenvalue weighted by atomic mass is 10.1.